The first kappa shape index (κ1) is 20.1. The van der Waals surface area contributed by atoms with Gasteiger partial charge in [-0.1, -0.05) is 59.7 Å². The molecule has 4 nitrogen and oxygen atoms in total. The first-order valence-corrected chi connectivity index (χ1v) is 10.9. The maximum atomic E-state index is 13.6. The second kappa shape index (κ2) is 8.04. The van der Waals surface area contributed by atoms with Crippen LogP contribution in [0.25, 0.3) is 22.2 Å². The number of aromatic nitrogens is 2. The number of carbonyl (C=O) groups is 1. The summed E-state index contributed by atoms with van der Waals surface area (Å²) in [6.07, 6.45) is 2.74. The van der Waals surface area contributed by atoms with E-state index in [-0.39, 0.29) is 17.3 Å². The SMILES string of the molecule is Cc1ccc(C2=CC(=O)CC(c3nc4ccccc4c(=O)n3-c3ccc(C)cc3)C2)cc1. The Kier molecular flexibility index (Phi) is 5.06. The fraction of sp³-hybridized carbons (Fsp3) is 0.179. The number of aryl methyl sites for hydroxylation is 2. The number of nitrogens with zero attached hydrogens (tertiary/aromatic N) is 2. The van der Waals surface area contributed by atoms with Crippen LogP contribution in [0, 0.1) is 13.8 Å². The Labute approximate surface area is 186 Å². The standard InChI is InChI=1S/C28H24N2O2/c1-18-7-11-20(12-8-18)21-15-22(17-24(31)16-21)27-29-26-6-4-3-5-25(26)28(32)30(27)23-13-9-19(2)10-14-23/h3-14,16,22H,15,17H2,1-2H3. The first-order valence-electron chi connectivity index (χ1n) is 10.9. The summed E-state index contributed by atoms with van der Waals surface area (Å²) in [5.41, 5.74) is 5.66. The van der Waals surface area contributed by atoms with Crippen LogP contribution in [-0.2, 0) is 4.79 Å². The molecule has 0 bridgehead atoms. The molecule has 0 saturated carbocycles. The molecule has 0 saturated heterocycles. The summed E-state index contributed by atoms with van der Waals surface area (Å²) in [4.78, 5) is 31.2. The van der Waals surface area contributed by atoms with E-state index in [0.717, 1.165) is 22.4 Å². The number of allylic oxidation sites excluding steroid dienone is 2. The average Bonchev–Trinajstić information content (AvgIpc) is 2.80. The van der Waals surface area contributed by atoms with Gasteiger partial charge in [0.2, 0.25) is 0 Å². The van der Waals surface area contributed by atoms with Gasteiger partial charge in [-0.3, -0.25) is 14.2 Å². The van der Waals surface area contributed by atoms with Crippen molar-refractivity contribution in [2.45, 2.75) is 32.6 Å². The monoisotopic (exact) mass is 420 g/mol. The molecule has 1 unspecified atom stereocenters. The average molecular weight is 421 g/mol. The van der Waals surface area contributed by atoms with Gasteiger partial charge in [-0.25, -0.2) is 4.98 Å². The van der Waals surface area contributed by atoms with E-state index in [0.29, 0.717) is 29.6 Å². The van der Waals surface area contributed by atoms with Crippen LogP contribution in [-0.4, -0.2) is 15.3 Å². The summed E-state index contributed by atoms with van der Waals surface area (Å²) in [5, 5.41) is 0.577. The summed E-state index contributed by atoms with van der Waals surface area (Å²) in [6.45, 7) is 4.07. The van der Waals surface area contributed by atoms with Crippen LogP contribution < -0.4 is 5.56 Å². The predicted molar refractivity (Wildman–Crippen MR) is 128 cm³/mol. The van der Waals surface area contributed by atoms with Crippen molar-refractivity contribution in [3.05, 3.63) is 112 Å². The summed E-state index contributed by atoms with van der Waals surface area (Å²) >= 11 is 0. The van der Waals surface area contributed by atoms with Crippen molar-refractivity contribution in [2.75, 3.05) is 0 Å². The molecular formula is C28H24N2O2. The van der Waals surface area contributed by atoms with E-state index in [2.05, 4.69) is 24.3 Å². The van der Waals surface area contributed by atoms with Crippen LogP contribution in [0.15, 0.2) is 83.7 Å². The van der Waals surface area contributed by atoms with Gasteiger partial charge in [-0.15, -0.1) is 0 Å². The van der Waals surface area contributed by atoms with Crippen LogP contribution in [0.2, 0.25) is 0 Å². The van der Waals surface area contributed by atoms with Gasteiger partial charge in [0.1, 0.15) is 5.82 Å². The fourth-order valence-corrected chi connectivity index (χ4v) is 4.41. The highest BCUT2D eigenvalue weighted by molar-refractivity contribution is 5.99. The normalized spacial score (nSPS) is 16.2. The highest BCUT2D eigenvalue weighted by Gasteiger charge is 2.28. The molecule has 5 rings (SSSR count). The third-order valence-electron chi connectivity index (χ3n) is 6.13. The molecule has 158 valence electrons. The van der Waals surface area contributed by atoms with Gasteiger partial charge in [-0.2, -0.15) is 0 Å². The Morgan fingerprint density at radius 2 is 1.47 bits per heavy atom. The Bertz CT molecular complexity index is 1410. The number of hydrogen-bond donors (Lipinski definition) is 0. The lowest BCUT2D eigenvalue weighted by atomic mass is 9.84. The van der Waals surface area contributed by atoms with Gasteiger partial charge in [0.25, 0.3) is 5.56 Å². The van der Waals surface area contributed by atoms with Crippen molar-refractivity contribution < 1.29 is 4.79 Å². The molecule has 32 heavy (non-hydrogen) atoms. The molecule has 0 amide bonds. The van der Waals surface area contributed by atoms with Crippen molar-refractivity contribution in [2.24, 2.45) is 0 Å². The van der Waals surface area contributed by atoms with Gasteiger partial charge in [0.15, 0.2) is 5.78 Å². The number of hydrogen-bond acceptors (Lipinski definition) is 3. The van der Waals surface area contributed by atoms with Gasteiger partial charge in [0.05, 0.1) is 16.6 Å². The van der Waals surface area contributed by atoms with Crippen LogP contribution in [0.3, 0.4) is 0 Å². The lowest BCUT2D eigenvalue weighted by molar-refractivity contribution is -0.115. The topological polar surface area (TPSA) is 52.0 Å². The molecular weight excluding hydrogens is 396 g/mol. The Morgan fingerprint density at radius 1 is 0.812 bits per heavy atom. The molecule has 1 atom stereocenters. The Hall–Kier alpha value is -3.79. The Balaban J connectivity index is 1.67. The zero-order valence-electron chi connectivity index (χ0n) is 18.2. The molecule has 0 radical (unpaired) electrons. The summed E-state index contributed by atoms with van der Waals surface area (Å²) in [7, 11) is 0. The fourth-order valence-electron chi connectivity index (χ4n) is 4.41. The van der Waals surface area contributed by atoms with E-state index in [9.17, 15) is 9.59 Å². The van der Waals surface area contributed by atoms with Crippen molar-refractivity contribution in [1.29, 1.82) is 0 Å². The smallest absolute Gasteiger partial charge is 0.265 e. The van der Waals surface area contributed by atoms with Gasteiger partial charge in [0, 0.05) is 12.3 Å². The van der Waals surface area contributed by atoms with Crippen LogP contribution in [0.1, 0.15) is 41.3 Å². The molecule has 1 aromatic heterocycles. The number of carbonyl (C=O) groups excluding carboxylic acids is 1. The molecule has 1 heterocycles. The van der Waals surface area contributed by atoms with Gasteiger partial charge in [-0.05, 0) is 61.7 Å². The molecule has 0 spiro atoms. The maximum absolute atomic E-state index is 13.6. The Morgan fingerprint density at radius 3 is 2.19 bits per heavy atom. The van der Waals surface area contributed by atoms with Gasteiger partial charge >= 0.3 is 0 Å². The lowest BCUT2D eigenvalue weighted by Crippen LogP contribution is -2.27. The molecule has 4 heteroatoms. The minimum Gasteiger partial charge on any atom is -0.295 e. The van der Waals surface area contributed by atoms with Crippen LogP contribution >= 0.6 is 0 Å². The third kappa shape index (κ3) is 3.69. The van der Waals surface area contributed by atoms with E-state index >= 15 is 0 Å². The van der Waals surface area contributed by atoms with Crippen LogP contribution in [0.5, 0.6) is 0 Å². The summed E-state index contributed by atoms with van der Waals surface area (Å²) in [5.74, 6) is 0.528. The number of benzene rings is 3. The molecule has 1 aliphatic carbocycles. The van der Waals surface area contributed by atoms with E-state index in [1.165, 1.54) is 5.56 Å². The van der Waals surface area contributed by atoms with E-state index < -0.39 is 0 Å². The lowest BCUT2D eigenvalue weighted by Gasteiger charge is -2.25. The van der Waals surface area contributed by atoms with E-state index in [1.807, 2.05) is 62.4 Å². The largest absolute Gasteiger partial charge is 0.295 e. The molecule has 0 N–H and O–H groups in total. The highest BCUT2D eigenvalue weighted by atomic mass is 16.1. The molecule has 1 aliphatic rings. The zero-order chi connectivity index (χ0) is 22.2. The number of rotatable bonds is 3. The first-order chi connectivity index (χ1) is 15.5. The molecule has 3 aromatic carbocycles. The van der Waals surface area contributed by atoms with Gasteiger partial charge < -0.3 is 0 Å². The van der Waals surface area contributed by atoms with Crippen molar-refractivity contribution in [3.63, 3.8) is 0 Å². The van der Waals surface area contributed by atoms with Crippen molar-refractivity contribution >= 4 is 22.3 Å². The summed E-state index contributed by atoms with van der Waals surface area (Å²) in [6, 6.07) is 23.5. The zero-order valence-corrected chi connectivity index (χ0v) is 18.2. The third-order valence-corrected chi connectivity index (χ3v) is 6.13. The quantitative estimate of drug-likeness (QED) is 0.438. The van der Waals surface area contributed by atoms with E-state index in [1.54, 1.807) is 10.6 Å². The maximum Gasteiger partial charge on any atom is 0.265 e. The number of fused-ring (bicyclic) bond motifs is 1. The second-order valence-corrected chi connectivity index (χ2v) is 8.57. The highest BCUT2D eigenvalue weighted by Crippen LogP contribution is 2.36. The number of ketones is 1. The van der Waals surface area contributed by atoms with E-state index in [4.69, 9.17) is 4.98 Å². The molecule has 0 aliphatic heterocycles. The predicted octanol–water partition coefficient (Wildman–Crippen LogP) is 5.53. The second-order valence-electron chi connectivity index (χ2n) is 8.57. The van der Waals surface area contributed by atoms with Crippen molar-refractivity contribution in [1.82, 2.24) is 9.55 Å². The van der Waals surface area contributed by atoms with Crippen LogP contribution in [0.4, 0.5) is 0 Å². The minimum atomic E-state index is -0.178. The minimum absolute atomic E-state index is 0.0645. The molecule has 4 aromatic rings. The molecule has 0 fully saturated rings. The van der Waals surface area contributed by atoms with Crippen molar-refractivity contribution in [3.8, 4) is 5.69 Å². The summed E-state index contributed by atoms with van der Waals surface area (Å²) < 4.78 is 1.69. The number of para-hydroxylation sites is 1.